The molecule has 0 saturated carbocycles. The zero-order valence-corrected chi connectivity index (χ0v) is 18.0. The molecule has 2 aromatic rings. The first kappa shape index (κ1) is 24.9. The molecule has 3 amide bonds. The number of urea groups is 1. The van der Waals surface area contributed by atoms with Crippen molar-refractivity contribution in [3.63, 3.8) is 0 Å². The number of halogens is 5. The van der Waals surface area contributed by atoms with Gasteiger partial charge in [-0.1, -0.05) is 11.6 Å². The lowest BCUT2D eigenvalue weighted by Crippen LogP contribution is -2.45. The maximum Gasteiger partial charge on any atom is 0.417 e. The molecule has 2 aromatic carbocycles. The Balaban J connectivity index is 1.70. The molecule has 1 aliphatic rings. The van der Waals surface area contributed by atoms with Gasteiger partial charge in [0.2, 0.25) is 0 Å². The second kappa shape index (κ2) is 10.0. The van der Waals surface area contributed by atoms with Crippen molar-refractivity contribution in [2.75, 3.05) is 17.7 Å². The molecular weight excluding hydrogens is 484 g/mol. The molecule has 8 nitrogen and oxygen atoms in total. The van der Waals surface area contributed by atoms with Gasteiger partial charge in [-0.15, -0.1) is 0 Å². The molecule has 1 aliphatic heterocycles. The number of likely N-dealkylation sites (N-methyl/N-ethyl adjacent to an activating group) is 1. The number of hydrogen-bond donors (Lipinski definition) is 4. The molecule has 1 unspecified atom stereocenters. The van der Waals surface area contributed by atoms with Gasteiger partial charge in [0.1, 0.15) is 17.3 Å². The smallest absolute Gasteiger partial charge is 0.417 e. The van der Waals surface area contributed by atoms with Gasteiger partial charge in [0, 0.05) is 25.0 Å². The number of carbonyl (C=O) groups excluding carboxylic acids is 2. The summed E-state index contributed by atoms with van der Waals surface area (Å²) in [6.07, 6.45) is -0.671. The number of alkyl halides is 3. The lowest BCUT2D eigenvalue weighted by atomic mass is 10.1. The molecule has 1 atom stereocenters. The fraction of sp³-hybridized carbons (Fsp3) is 0.143. The first-order chi connectivity index (χ1) is 16.0. The van der Waals surface area contributed by atoms with Crippen LogP contribution in [0.25, 0.3) is 0 Å². The molecular formula is C21H17ClF4N4O4. The number of nitrogens with zero attached hydrogens (tertiary/aromatic N) is 1. The molecule has 0 aromatic heterocycles. The standard InChI is InChI=1S/C21H17ClF4N4O4/c1-27-19(31)18-17(3-2-8-30(18)33)34-12-5-7-16(15(23)10-12)29-20(32)28-11-4-6-14(22)13(9-11)21(24,25)26/h2-10,18,33H,1H3,(H,27,31)(H2,28,29,32). The Hall–Kier alpha value is -3.77. The molecule has 13 heteroatoms. The summed E-state index contributed by atoms with van der Waals surface area (Å²) in [6.45, 7) is 0. The van der Waals surface area contributed by atoms with E-state index in [0.717, 1.165) is 24.3 Å². The number of hydroxylamine groups is 2. The molecule has 0 fully saturated rings. The highest BCUT2D eigenvalue weighted by molar-refractivity contribution is 6.31. The van der Waals surface area contributed by atoms with E-state index in [-0.39, 0.29) is 22.9 Å². The van der Waals surface area contributed by atoms with Crippen LogP contribution in [0.15, 0.2) is 60.5 Å². The minimum absolute atomic E-state index is 0.00501. The molecule has 0 spiro atoms. The number of amides is 3. The van der Waals surface area contributed by atoms with Crippen LogP contribution in [0.1, 0.15) is 5.56 Å². The predicted molar refractivity (Wildman–Crippen MR) is 115 cm³/mol. The molecule has 0 radical (unpaired) electrons. The lowest BCUT2D eigenvalue weighted by Gasteiger charge is -2.27. The number of anilines is 2. The summed E-state index contributed by atoms with van der Waals surface area (Å²) >= 11 is 5.54. The Morgan fingerprint density at radius 3 is 2.53 bits per heavy atom. The van der Waals surface area contributed by atoms with Crippen LogP contribution in [0.5, 0.6) is 5.75 Å². The first-order valence-electron chi connectivity index (χ1n) is 9.49. The summed E-state index contributed by atoms with van der Waals surface area (Å²) in [6, 6.07) is 3.92. The predicted octanol–water partition coefficient (Wildman–Crippen LogP) is 4.74. The number of allylic oxidation sites excluding steroid dienone is 2. The van der Waals surface area contributed by atoms with Crippen molar-refractivity contribution in [2.45, 2.75) is 12.2 Å². The van der Waals surface area contributed by atoms with Crippen molar-refractivity contribution in [2.24, 2.45) is 0 Å². The van der Waals surface area contributed by atoms with E-state index in [1.807, 2.05) is 0 Å². The van der Waals surface area contributed by atoms with E-state index in [1.54, 1.807) is 0 Å². The third-order valence-corrected chi connectivity index (χ3v) is 4.81. The summed E-state index contributed by atoms with van der Waals surface area (Å²) < 4.78 is 58.9. The Morgan fingerprint density at radius 2 is 1.88 bits per heavy atom. The van der Waals surface area contributed by atoms with E-state index in [2.05, 4.69) is 16.0 Å². The van der Waals surface area contributed by atoms with Crippen LogP contribution in [-0.4, -0.2) is 35.3 Å². The average molecular weight is 501 g/mol. The largest absolute Gasteiger partial charge is 0.459 e. The maximum atomic E-state index is 14.5. The highest BCUT2D eigenvalue weighted by Gasteiger charge is 2.33. The minimum atomic E-state index is -4.72. The van der Waals surface area contributed by atoms with Crippen LogP contribution in [0.4, 0.5) is 33.7 Å². The molecule has 0 saturated heterocycles. The molecule has 3 rings (SSSR count). The van der Waals surface area contributed by atoms with Crippen LogP contribution < -0.4 is 20.7 Å². The van der Waals surface area contributed by atoms with Crippen molar-refractivity contribution in [1.82, 2.24) is 10.4 Å². The minimum Gasteiger partial charge on any atom is -0.459 e. The quantitative estimate of drug-likeness (QED) is 0.444. The fourth-order valence-corrected chi connectivity index (χ4v) is 3.14. The fourth-order valence-electron chi connectivity index (χ4n) is 2.91. The van der Waals surface area contributed by atoms with Crippen LogP contribution in [-0.2, 0) is 11.0 Å². The summed E-state index contributed by atoms with van der Waals surface area (Å²) in [5.41, 5.74) is -1.64. The van der Waals surface area contributed by atoms with Crippen molar-refractivity contribution >= 4 is 34.9 Å². The Kier molecular flexibility index (Phi) is 7.32. The lowest BCUT2D eigenvalue weighted by molar-refractivity contribution is -0.139. The van der Waals surface area contributed by atoms with Gasteiger partial charge in [0.25, 0.3) is 5.91 Å². The summed E-state index contributed by atoms with van der Waals surface area (Å²) in [5.74, 6) is -1.54. The van der Waals surface area contributed by atoms with E-state index in [0.29, 0.717) is 11.1 Å². The van der Waals surface area contributed by atoms with Crippen LogP contribution in [0.2, 0.25) is 5.02 Å². The van der Waals surface area contributed by atoms with Gasteiger partial charge in [-0.25, -0.2) is 14.2 Å². The van der Waals surface area contributed by atoms with Crippen LogP contribution in [0.3, 0.4) is 0 Å². The van der Waals surface area contributed by atoms with E-state index in [4.69, 9.17) is 16.3 Å². The molecule has 34 heavy (non-hydrogen) atoms. The summed E-state index contributed by atoms with van der Waals surface area (Å²) in [7, 11) is 1.37. The number of rotatable bonds is 5. The van der Waals surface area contributed by atoms with Gasteiger partial charge in [0.15, 0.2) is 6.04 Å². The van der Waals surface area contributed by atoms with Crippen molar-refractivity contribution in [3.05, 3.63) is 76.9 Å². The molecule has 0 bridgehead atoms. The molecule has 180 valence electrons. The number of hydrogen-bond acceptors (Lipinski definition) is 5. The van der Waals surface area contributed by atoms with Gasteiger partial charge in [0.05, 0.1) is 16.3 Å². The van der Waals surface area contributed by atoms with E-state index in [1.165, 1.54) is 31.5 Å². The second-order valence-electron chi connectivity index (χ2n) is 6.82. The Labute approximate surface area is 195 Å². The number of benzene rings is 2. The zero-order chi connectivity index (χ0) is 25.0. The highest BCUT2D eigenvalue weighted by Crippen LogP contribution is 2.36. The zero-order valence-electron chi connectivity index (χ0n) is 17.3. The molecule has 4 N–H and O–H groups in total. The molecule has 0 aliphatic carbocycles. The third-order valence-electron chi connectivity index (χ3n) is 4.48. The average Bonchev–Trinajstić information content (AvgIpc) is 2.76. The van der Waals surface area contributed by atoms with Gasteiger partial charge >= 0.3 is 12.2 Å². The van der Waals surface area contributed by atoms with Crippen molar-refractivity contribution < 1.29 is 37.1 Å². The number of nitrogens with one attached hydrogen (secondary N) is 3. The number of carbonyl (C=O) groups is 2. The van der Waals surface area contributed by atoms with Gasteiger partial charge in [-0.2, -0.15) is 13.2 Å². The van der Waals surface area contributed by atoms with E-state index >= 15 is 0 Å². The maximum absolute atomic E-state index is 14.5. The van der Waals surface area contributed by atoms with Gasteiger partial charge in [-0.05, 0) is 42.5 Å². The van der Waals surface area contributed by atoms with Crippen molar-refractivity contribution in [1.29, 1.82) is 0 Å². The Morgan fingerprint density at radius 1 is 1.15 bits per heavy atom. The van der Waals surface area contributed by atoms with Gasteiger partial charge < -0.3 is 20.7 Å². The summed E-state index contributed by atoms with van der Waals surface area (Å²) in [4.78, 5) is 24.1. The first-order valence-corrected chi connectivity index (χ1v) is 9.86. The van der Waals surface area contributed by atoms with Gasteiger partial charge in [-0.3, -0.25) is 10.0 Å². The van der Waals surface area contributed by atoms with E-state index in [9.17, 15) is 32.4 Å². The normalized spacial score (nSPS) is 15.4. The Bertz CT molecular complexity index is 1170. The monoisotopic (exact) mass is 500 g/mol. The SMILES string of the molecule is CNC(=O)C1C(Oc2ccc(NC(=O)Nc3ccc(Cl)c(C(F)(F)F)c3)c(F)c2)=CC=CN1O. The number of ether oxygens (including phenoxy) is 1. The van der Waals surface area contributed by atoms with Crippen molar-refractivity contribution in [3.8, 4) is 5.75 Å². The van der Waals surface area contributed by atoms with Crippen LogP contribution in [0, 0.1) is 5.82 Å². The summed E-state index contributed by atoms with van der Waals surface area (Å²) in [5, 5.41) is 16.7. The third kappa shape index (κ3) is 5.77. The van der Waals surface area contributed by atoms with E-state index < -0.39 is 40.6 Å². The second-order valence-corrected chi connectivity index (χ2v) is 7.23. The van der Waals surface area contributed by atoms with Crippen LogP contribution >= 0.6 is 11.6 Å². The molecule has 1 heterocycles. The topological polar surface area (TPSA) is 103 Å². The highest BCUT2D eigenvalue weighted by atomic mass is 35.5.